The summed E-state index contributed by atoms with van der Waals surface area (Å²) in [6, 6.07) is 15.1. The van der Waals surface area contributed by atoms with Gasteiger partial charge in [0.05, 0.1) is 0 Å². The number of hydrogen-bond acceptors (Lipinski definition) is 3. The Balaban J connectivity index is 1.83. The van der Waals surface area contributed by atoms with Crippen LogP contribution in [0.5, 0.6) is 17.2 Å². The van der Waals surface area contributed by atoms with Crippen LogP contribution in [0.3, 0.4) is 0 Å². The van der Waals surface area contributed by atoms with Gasteiger partial charge < -0.3 is 0 Å². The van der Waals surface area contributed by atoms with Crippen molar-refractivity contribution in [3.8, 4) is 17.2 Å². The summed E-state index contributed by atoms with van der Waals surface area (Å²) in [6.07, 6.45) is 0. The van der Waals surface area contributed by atoms with E-state index in [4.69, 9.17) is 14.2 Å². The molecule has 0 bridgehead atoms. The number of methoxy groups -OCH3 is 2. The molecule has 2 aliphatic rings. The van der Waals surface area contributed by atoms with Crippen molar-refractivity contribution in [2.45, 2.75) is 29.1 Å². The summed E-state index contributed by atoms with van der Waals surface area (Å²) in [5.74, 6) is 2.33. The molecule has 23 heavy (non-hydrogen) atoms. The van der Waals surface area contributed by atoms with Gasteiger partial charge in [-0.25, -0.2) is 0 Å². The zero-order chi connectivity index (χ0) is 16.2. The van der Waals surface area contributed by atoms with Gasteiger partial charge in [-0.2, -0.15) is 0 Å². The molecule has 1 fully saturated rings. The number of benzene rings is 2. The molecule has 2 aromatic rings. The van der Waals surface area contributed by atoms with Crippen molar-refractivity contribution >= 4 is 18.4 Å². The Morgan fingerprint density at radius 3 is 2.39 bits per heavy atom. The molecule has 2 aromatic carbocycles. The van der Waals surface area contributed by atoms with Crippen LogP contribution in [-0.2, 0) is 0 Å². The molecule has 120 valence electrons. The summed E-state index contributed by atoms with van der Waals surface area (Å²) in [6.45, 7) is 4.41. The van der Waals surface area contributed by atoms with Crippen LogP contribution in [0.2, 0.25) is 4.82 Å². The summed E-state index contributed by atoms with van der Waals surface area (Å²) < 4.78 is 19.0. The molecule has 0 radical (unpaired) electrons. The van der Waals surface area contributed by atoms with Crippen LogP contribution in [0.4, 0.5) is 0 Å². The van der Waals surface area contributed by atoms with Crippen LogP contribution in [0, 0.1) is 0 Å². The van der Waals surface area contributed by atoms with Crippen LogP contribution >= 0.6 is 0 Å². The first-order valence-electron chi connectivity index (χ1n) is 7.79. The molecule has 4 rings (SSSR count). The maximum absolute atomic E-state index is 6.42. The second-order valence-electron chi connectivity index (χ2n) is 6.45. The molecule has 0 N–H and O–H groups in total. The molecule has 0 aromatic heterocycles. The Hall–Kier alpha value is -1.64. The number of hydrogen-bond donors (Lipinski definition) is 0. The number of fused-ring (bicyclic) bond motifs is 3. The summed E-state index contributed by atoms with van der Waals surface area (Å²) in [7, 11) is 3.34. The average molecular weight is 376 g/mol. The molecule has 2 heterocycles. The van der Waals surface area contributed by atoms with Gasteiger partial charge in [0.2, 0.25) is 0 Å². The van der Waals surface area contributed by atoms with Crippen LogP contribution in [0.1, 0.15) is 24.2 Å². The first-order valence-corrected chi connectivity index (χ1v) is 10.6. The van der Waals surface area contributed by atoms with Gasteiger partial charge in [-0.3, -0.25) is 0 Å². The van der Waals surface area contributed by atoms with Crippen molar-refractivity contribution in [2.24, 2.45) is 0 Å². The van der Waals surface area contributed by atoms with Gasteiger partial charge in [0, 0.05) is 0 Å². The summed E-state index contributed by atoms with van der Waals surface area (Å²) in [5.41, 5.74) is 1.12. The Kier molecular flexibility index (Phi) is 3.36. The van der Waals surface area contributed by atoms with Crippen LogP contribution in [0.25, 0.3) is 0 Å². The molecule has 3 unspecified atom stereocenters. The molecule has 3 nitrogen and oxygen atoms in total. The van der Waals surface area contributed by atoms with Gasteiger partial charge >= 0.3 is 141 Å². The zero-order valence-electron chi connectivity index (χ0n) is 13.8. The summed E-state index contributed by atoms with van der Waals surface area (Å²) >= 11 is -0.927. The fourth-order valence-corrected chi connectivity index (χ4v) is 10.7. The summed E-state index contributed by atoms with van der Waals surface area (Å²) in [5, 5.41) is 0. The molecule has 2 aliphatic heterocycles. The normalized spacial score (nSPS) is 26.5. The second-order valence-corrected chi connectivity index (χ2v) is 11.1. The molecule has 0 saturated carbocycles. The Morgan fingerprint density at radius 1 is 1.00 bits per heavy atom. The third-order valence-electron chi connectivity index (χ3n) is 4.65. The fourth-order valence-electron chi connectivity index (χ4n) is 3.61. The first-order chi connectivity index (χ1) is 11.1. The predicted molar refractivity (Wildman–Crippen MR) is 92.6 cm³/mol. The van der Waals surface area contributed by atoms with E-state index < -0.39 is 13.9 Å². The maximum atomic E-state index is 6.42. The van der Waals surface area contributed by atoms with Crippen LogP contribution in [0.15, 0.2) is 42.5 Å². The van der Waals surface area contributed by atoms with Crippen molar-refractivity contribution < 1.29 is 14.2 Å². The van der Waals surface area contributed by atoms with E-state index in [1.165, 1.54) is 10.0 Å². The molecular weight excluding hydrogens is 355 g/mol. The number of rotatable bonds is 3. The van der Waals surface area contributed by atoms with Gasteiger partial charge in [0.25, 0.3) is 0 Å². The third kappa shape index (κ3) is 2.16. The predicted octanol–water partition coefficient (Wildman–Crippen LogP) is 3.28. The van der Waals surface area contributed by atoms with Gasteiger partial charge in [-0.1, -0.05) is 0 Å². The van der Waals surface area contributed by atoms with Gasteiger partial charge in [-0.15, -0.1) is 0 Å². The fraction of sp³-hybridized carbons (Fsp3) is 0.368. The van der Waals surface area contributed by atoms with E-state index in [0.717, 1.165) is 17.2 Å². The molecule has 3 atom stereocenters. The van der Waals surface area contributed by atoms with Crippen molar-refractivity contribution in [2.75, 3.05) is 14.2 Å². The first kappa shape index (κ1) is 14.9. The monoisotopic (exact) mass is 377 g/mol. The Labute approximate surface area is 141 Å². The minimum absolute atomic E-state index is 0.169. The molecular formula is C19H21O3Se+. The van der Waals surface area contributed by atoms with Gasteiger partial charge in [0.15, 0.2) is 0 Å². The second kappa shape index (κ2) is 5.19. The zero-order valence-corrected chi connectivity index (χ0v) is 15.5. The number of ether oxygens (including phenoxy) is 3. The topological polar surface area (TPSA) is 27.7 Å². The van der Waals surface area contributed by atoms with E-state index in [2.05, 4.69) is 50.2 Å². The standard InChI is InChI=1S/C19H21O3Se/c1-19(2)18-17(23(18)12-8-6-5-7-9-12)13-10-11-14(20-3)16(21-4)15(13)22-19/h5-11,17-18H,1-4H3/q+1. The van der Waals surface area contributed by atoms with Crippen molar-refractivity contribution in [3.05, 3.63) is 48.0 Å². The molecule has 0 amide bonds. The minimum atomic E-state index is -0.927. The molecule has 1 saturated heterocycles. The van der Waals surface area contributed by atoms with E-state index in [9.17, 15) is 0 Å². The van der Waals surface area contributed by atoms with Crippen molar-refractivity contribution in [3.63, 3.8) is 0 Å². The van der Waals surface area contributed by atoms with E-state index >= 15 is 0 Å². The van der Waals surface area contributed by atoms with Crippen LogP contribution in [-0.4, -0.2) is 33.7 Å². The quantitative estimate of drug-likeness (QED) is 0.770. The van der Waals surface area contributed by atoms with Crippen LogP contribution < -0.4 is 18.7 Å². The van der Waals surface area contributed by atoms with Gasteiger partial charge in [-0.05, 0) is 0 Å². The Morgan fingerprint density at radius 2 is 1.74 bits per heavy atom. The average Bonchev–Trinajstić information content (AvgIpc) is 3.31. The third-order valence-corrected chi connectivity index (χ3v) is 10.9. The van der Waals surface area contributed by atoms with Crippen molar-refractivity contribution in [1.82, 2.24) is 0 Å². The van der Waals surface area contributed by atoms with E-state index in [-0.39, 0.29) is 5.60 Å². The van der Waals surface area contributed by atoms with E-state index in [1.807, 2.05) is 6.07 Å². The molecule has 0 aliphatic carbocycles. The van der Waals surface area contributed by atoms with Gasteiger partial charge in [0.1, 0.15) is 0 Å². The SMILES string of the molecule is COc1ccc2c(c1OC)OC(C)(C)C1C2[Se+]1c1ccccc1. The summed E-state index contributed by atoms with van der Waals surface area (Å²) in [4.78, 5) is 1.23. The molecule has 4 heteroatoms. The molecule has 0 spiro atoms. The van der Waals surface area contributed by atoms with Crippen molar-refractivity contribution in [1.29, 1.82) is 0 Å². The Bertz CT molecular complexity index is 742. The van der Waals surface area contributed by atoms with E-state index in [0.29, 0.717) is 9.63 Å². The van der Waals surface area contributed by atoms with E-state index in [1.54, 1.807) is 14.2 Å².